The predicted octanol–water partition coefficient (Wildman–Crippen LogP) is 16.0. The fourth-order valence-electron chi connectivity index (χ4n) is 8.32. The standard InChI is InChI=1S/C54H34OS/c1-4-14-35(15-5-1)37-26-28-38(29-27-37)41-30-40(36-16-6-2-7-17-36)31-42(32-41)44-21-12-23-47-48-24-13-22-45(53(48)55-52(44)47)43-33-49(39-18-8-3-9-19-39)54-50(34-43)46-20-10-11-25-51(46)56-54/h1-34H. The average Bonchev–Trinajstić information content (AvgIpc) is 3.86. The van der Waals surface area contributed by atoms with Crippen LogP contribution in [0.3, 0.4) is 0 Å². The third kappa shape index (κ3) is 5.54. The van der Waals surface area contributed by atoms with Crippen LogP contribution in [0.1, 0.15) is 0 Å². The van der Waals surface area contributed by atoms with Gasteiger partial charge in [0.05, 0.1) is 0 Å². The summed E-state index contributed by atoms with van der Waals surface area (Å²) in [5.74, 6) is 0. The van der Waals surface area contributed by atoms with E-state index in [1.165, 1.54) is 64.7 Å². The molecule has 56 heavy (non-hydrogen) atoms. The summed E-state index contributed by atoms with van der Waals surface area (Å²) in [7, 11) is 0. The van der Waals surface area contributed by atoms with E-state index in [1.807, 2.05) is 11.3 Å². The fraction of sp³-hybridized carbons (Fsp3) is 0. The summed E-state index contributed by atoms with van der Waals surface area (Å²) in [4.78, 5) is 0. The Morgan fingerprint density at radius 2 is 0.714 bits per heavy atom. The van der Waals surface area contributed by atoms with Crippen LogP contribution in [-0.4, -0.2) is 0 Å². The number of rotatable bonds is 6. The van der Waals surface area contributed by atoms with E-state index in [4.69, 9.17) is 4.42 Å². The van der Waals surface area contributed by atoms with E-state index in [0.29, 0.717) is 0 Å². The molecule has 2 heterocycles. The molecule has 0 spiro atoms. The highest BCUT2D eigenvalue weighted by molar-refractivity contribution is 7.26. The summed E-state index contributed by atoms with van der Waals surface area (Å²) >= 11 is 1.87. The second-order valence-electron chi connectivity index (χ2n) is 14.4. The van der Waals surface area contributed by atoms with Crippen molar-refractivity contribution in [3.05, 3.63) is 206 Å². The molecular formula is C54H34OS. The van der Waals surface area contributed by atoms with Crippen molar-refractivity contribution in [2.24, 2.45) is 0 Å². The van der Waals surface area contributed by atoms with Crippen molar-refractivity contribution in [2.75, 3.05) is 0 Å². The molecule has 2 aromatic heterocycles. The van der Waals surface area contributed by atoms with E-state index in [1.54, 1.807) is 0 Å². The van der Waals surface area contributed by atoms with Crippen molar-refractivity contribution < 1.29 is 4.42 Å². The minimum atomic E-state index is 0.899. The summed E-state index contributed by atoms with van der Waals surface area (Å²) in [6, 6.07) is 74.5. The van der Waals surface area contributed by atoms with Crippen molar-refractivity contribution in [1.82, 2.24) is 0 Å². The van der Waals surface area contributed by atoms with Gasteiger partial charge in [-0.3, -0.25) is 0 Å². The summed E-state index contributed by atoms with van der Waals surface area (Å²) in [5.41, 5.74) is 15.8. The largest absolute Gasteiger partial charge is 0.455 e. The molecule has 0 unspecified atom stereocenters. The molecule has 0 N–H and O–H groups in total. The normalized spacial score (nSPS) is 11.6. The Kier molecular flexibility index (Phi) is 7.75. The highest BCUT2D eigenvalue weighted by Crippen LogP contribution is 2.46. The smallest absolute Gasteiger partial charge is 0.143 e. The monoisotopic (exact) mass is 730 g/mol. The van der Waals surface area contributed by atoms with Crippen LogP contribution >= 0.6 is 11.3 Å². The maximum Gasteiger partial charge on any atom is 0.143 e. The molecule has 0 saturated heterocycles. The number of benzene rings is 9. The van der Waals surface area contributed by atoms with Crippen LogP contribution in [0.5, 0.6) is 0 Å². The molecule has 262 valence electrons. The molecule has 11 rings (SSSR count). The van der Waals surface area contributed by atoms with Crippen molar-refractivity contribution in [3.8, 4) is 66.8 Å². The van der Waals surface area contributed by atoms with Crippen LogP contribution in [0.2, 0.25) is 0 Å². The van der Waals surface area contributed by atoms with Crippen LogP contribution in [-0.2, 0) is 0 Å². The first-order valence-corrected chi connectivity index (χ1v) is 19.9. The highest BCUT2D eigenvalue weighted by Gasteiger charge is 2.19. The molecule has 0 radical (unpaired) electrons. The third-order valence-electron chi connectivity index (χ3n) is 11.1. The van der Waals surface area contributed by atoms with Gasteiger partial charge in [0, 0.05) is 47.6 Å². The Labute approximate surface area is 329 Å². The Bertz CT molecular complexity index is 3210. The molecule has 0 amide bonds. The van der Waals surface area contributed by atoms with Gasteiger partial charge in [0.1, 0.15) is 11.2 Å². The molecule has 0 saturated carbocycles. The molecule has 0 bridgehead atoms. The lowest BCUT2D eigenvalue weighted by atomic mass is 9.92. The van der Waals surface area contributed by atoms with Gasteiger partial charge in [-0.2, -0.15) is 0 Å². The minimum Gasteiger partial charge on any atom is -0.455 e. The Morgan fingerprint density at radius 3 is 1.32 bits per heavy atom. The maximum atomic E-state index is 7.11. The highest BCUT2D eigenvalue weighted by atomic mass is 32.1. The SMILES string of the molecule is c1ccc(-c2ccc(-c3cc(-c4ccccc4)cc(-c4cccc5c4oc4c(-c6cc(-c7ccccc7)c7sc8ccccc8c7c6)cccc45)c3)cc2)cc1. The summed E-state index contributed by atoms with van der Waals surface area (Å²) < 4.78 is 9.72. The molecule has 2 heteroatoms. The van der Waals surface area contributed by atoms with Gasteiger partial charge in [0.2, 0.25) is 0 Å². The third-order valence-corrected chi connectivity index (χ3v) is 12.3. The van der Waals surface area contributed by atoms with Crippen molar-refractivity contribution >= 4 is 53.4 Å². The van der Waals surface area contributed by atoms with E-state index in [9.17, 15) is 0 Å². The molecule has 0 aliphatic heterocycles. The minimum absolute atomic E-state index is 0.899. The first-order valence-electron chi connectivity index (χ1n) is 19.1. The van der Waals surface area contributed by atoms with Gasteiger partial charge in [-0.25, -0.2) is 0 Å². The van der Waals surface area contributed by atoms with Gasteiger partial charge in [0.25, 0.3) is 0 Å². The summed E-state index contributed by atoms with van der Waals surface area (Å²) in [6.45, 7) is 0. The van der Waals surface area contributed by atoms with E-state index < -0.39 is 0 Å². The lowest BCUT2D eigenvalue weighted by Gasteiger charge is -2.12. The zero-order valence-corrected chi connectivity index (χ0v) is 31.3. The number of furan rings is 1. The predicted molar refractivity (Wildman–Crippen MR) is 239 cm³/mol. The first kappa shape index (κ1) is 32.4. The average molecular weight is 731 g/mol. The van der Waals surface area contributed by atoms with Gasteiger partial charge < -0.3 is 4.42 Å². The molecule has 0 atom stereocenters. The second kappa shape index (κ2) is 13.4. The van der Waals surface area contributed by atoms with E-state index >= 15 is 0 Å². The van der Waals surface area contributed by atoms with Gasteiger partial charge >= 0.3 is 0 Å². The van der Waals surface area contributed by atoms with Crippen molar-refractivity contribution in [2.45, 2.75) is 0 Å². The Morgan fingerprint density at radius 1 is 0.268 bits per heavy atom. The number of para-hydroxylation sites is 2. The van der Waals surface area contributed by atoms with Gasteiger partial charge in [-0.1, -0.05) is 170 Å². The van der Waals surface area contributed by atoms with E-state index in [-0.39, 0.29) is 0 Å². The lowest BCUT2D eigenvalue weighted by molar-refractivity contribution is 0.671. The second-order valence-corrected chi connectivity index (χ2v) is 15.5. The van der Waals surface area contributed by atoms with Crippen LogP contribution in [0.25, 0.3) is 109 Å². The molecule has 0 fully saturated rings. The zero-order chi connectivity index (χ0) is 37.0. The first-order chi connectivity index (χ1) is 27.7. The quantitative estimate of drug-likeness (QED) is 0.166. The summed E-state index contributed by atoms with van der Waals surface area (Å²) in [6.07, 6.45) is 0. The number of fused-ring (bicyclic) bond motifs is 6. The van der Waals surface area contributed by atoms with Gasteiger partial charge in [0.15, 0.2) is 0 Å². The van der Waals surface area contributed by atoms with Crippen LogP contribution < -0.4 is 0 Å². The van der Waals surface area contributed by atoms with Crippen LogP contribution in [0.15, 0.2) is 211 Å². The maximum absolute atomic E-state index is 7.11. The molecular weight excluding hydrogens is 697 g/mol. The zero-order valence-electron chi connectivity index (χ0n) is 30.4. The van der Waals surface area contributed by atoms with E-state index in [0.717, 1.165) is 44.2 Å². The molecule has 0 aliphatic rings. The number of hydrogen-bond acceptors (Lipinski definition) is 2. The van der Waals surface area contributed by atoms with Gasteiger partial charge in [-0.15, -0.1) is 11.3 Å². The Balaban J connectivity index is 1.10. The Hall–Kier alpha value is -7.00. The number of thiophene rings is 1. The lowest BCUT2D eigenvalue weighted by Crippen LogP contribution is -1.87. The van der Waals surface area contributed by atoms with Gasteiger partial charge in [-0.05, 0) is 86.5 Å². The topological polar surface area (TPSA) is 13.1 Å². The van der Waals surface area contributed by atoms with Crippen molar-refractivity contribution in [1.29, 1.82) is 0 Å². The van der Waals surface area contributed by atoms with Crippen LogP contribution in [0, 0.1) is 0 Å². The molecule has 9 aromatic carbocycles. The van der Waals surface area contributed by atoms with Crippen LogP contribution in [0.4, 0.5) is 0 Å². The van der Waals surface area contributed by atoms with E-state index in [2.05, 4.69) is 206 Å². The fourth-order valence-corrected chi connectivity index (χ4v) is 9.54. The molecule has 11 aromatic rings. The van der Waals surface area contributed by atoms with Crippen molar-refractivity contribution in [3.63, 3.8) is 0 Å². The molecule has 1 nitrogen and oxygen atoms in total. The number of hydrogen-bond donors (Lipinski definition) is 0. The molecule has 0 aliphatic carbocycles. The summed E-state index contributed by atoms with van der Waals surface area (Å²) in [5, 5.41) is 4.79.